The topological polar surface area (TPSA) is 91.3 Å². The fourth-order valence-corrected chi connectivity index (χ4v) is 8.79. The molecule has 3 atom stereocenters. The quantitative estimate of drug-likeness (QED) is 0.223. The molecule has 3 saturated heterocycles. The molecule has 0 radical (unpaired) electrons. The molecule has 7 rings (SSSR count). The summed E-state index contributed by atoms with van der Waals surface area (Å²) in [6.45, 7) is 1.86. The van der Waals surface area contributed by atoms with Crippen LogP contribution in [0.2, 0.25) is 0 Å². The first-order valence-electron chi connectivity index (χ1n) is 14.7. The highest BCUT2D eigenvalue weighted by molar-refractivity contribution is 7.99. The number of nitrogens with two attached hydrogens (primary N) is 1. The van der Waals surface area contributed by atoms with Crippen LogP contribution >= 0.6 is 23.1 Å². The molecule has 5 heterocycles. The van der Waals surface area contributed by atoms with Crippen molar-refractivity contribution in [1.29, 1.82) is 5.26 Å². The Bertz CT molecular complexity index is 1830. The van der Waals surface area contributed by atoms with Crippen molar-refractivity contribution in [2.24, 2.45) is 0 Å². The van der Waals surface area contributed by atoms with Gasteiger partial charge in [0.2, 0.25) is 0 Å². The first-order valence-corrected chi connectivity index (χ1v) is 16.6. The van der Waals surface area contributed by atoms with Crippen molar-refractivity contribution in [3.63, 3.8) is 0 Å². The van der Waals surface area contributed by atoms with Crippen molar-refractivity contribution in [3.05, 3.63) is 41.0 Å². The number of halogens is 6. The molecule has 7 nitrogen and oxygen atoms in total. The fourth-order valence-electron chi connectivity index (χ4n) is 6.57. The Morgan fingerprint density at radius 2 is 1.98 bits per heavy atom. The monoisotopic (exact) mass is 680 g/mol. The summed E-state index contributed by atoms with van der Waals surface area (Å²) in [4.78, 5) is 12.3. The van der Waals surface area contributed by atoms with Gasteiger partial charge in [-0.3, -0.25) is 4.90 Å². The van der Waals surface area contributed by atoms with E-state index in [9.17, 15) is 27.2 Å². The third-order valence-corrected chi connectivity index (χ3v) is 11.0. The van der Waals surface area contributed by atoms with Crippen molar-refractivity contribution >= 4 is 54.9 Å². The predicted octanol–water partition coefficient (Wildman–Crippen LogP) is 7.41. The number of fused-ring (bicyclic) bond motifs is 3. The molecule has 3 aliphatic heterocycles. The maximum Gasteiger partial charge on any atom is 0.417 e. The summed E-state index contributed by atoms with van der Waals surface area (Å²) in [7, 11) is 2.96. The lowest BCUT2D eigenvalue weighted by atomic mass is 9.92. The van der Waals surface area contributed by atoms with Crippen molar-refractivity contribution in [2.75, 3.05) is 49.4 Å². The van der Waals surface area contributed by atoms with Gasteiger partial charge in [-0.1, -0.05) is 6.07 Å². The van der Waals surface area contributed by atoms with Crippen LogP contribution in [0, 0.1) is 23.0 Å². The van der Waals surface area contributed by atoms with Gasteiger partial charge in [0.1, 0.15) is 34.4 Å². The Hall–Kier alpha value is -3.48. The van der Waals surface area contributed by atoms with Gasteiger partial charge in [0.05, 0.1) is 22.9 Å². The molecule has 3 fully saturated rings. The summed E-state index contributed by atoms with van der Waals surface area (Å²) >= 11 is 2.41. The van der Waals surface area contributed by atoms with Gasteiger partial charge in [-0.15, -0.1) is 11.3 Å². The first kappa shape index (κ1) is 32.5. The lowest BCUT2D eigenvalue weighted by Crippen LogP contribution is -2.32. The molecule has 0 aliphatic carbocycles. The van der Waals surface area contributed by atoms with Gasteiger partial charge in [-0.05, 0) is 55.7 Å². The highest BCUT2D eigenvalue weighted by atomic mass is 32.2. The lowest BCUT2D eigenvalue weighted by molar-refractivity contribution is -0.137. The maximum absolute atomic E-state index is 16.3. The van der Waals surface area contributed by atoms with Gasteiger partial charge in [-0.2, -0.15) is 40.2 Å². The van der Waals surface area contributed by atoms with E-state index in [1.54, 1.807) is 29.8 Å². The normalized spacial score (nSPS) is 21.3. The van der Waals surface area contributed by atoms with Gasteiger partial charge in [0.25, 0.3) is 0 Å². The molecule has 0 amide bonds. The minimum Gasteiger partial charge on any atom is -0.467 e. The van der Waals surface area contributed by atoms with Crippen LogP contribution < -0.4 is 15.4 Å². The molecule has 244 valence electrons. The molecule has 3 unspecified atom stereocenters. The van der Waals surface area contributed by atoms with Crippen LogP contribution in [0.15, 0.2) is 18.2 Å². The van der Waals surface area contributed by atoms with E-state index in [1.165, 1.54) is 20.0 Å². The highest BCUT2D eigenvalue weighted by Gasteiger charge is 2.39. The number of rotatable bonds is 4. The Morgan fingerprint density at radius 1 is 1.20 bits per heavy atom. The summed E-state index contributed by atoms with van der Waals surface area (Å²) < 4.78 is 91.9. The van der Waals surface area contributed by atoms with Gasteiger partial charge >= 0.3 is 12.2 Å². The van der Waals surface area contributed by atoms with E-state index in [1.807, 2.05) is 0 Å². The maximum atomic E-state index is 16.3. The Morgan fingerprint density at radius 3 is 2.63 bits per heavy atom. The zero-order valence-corrected chi connectivity index (χ0v) is 26.6. The molecule has 2 N–H and O–H groups in total. The van der Waals surface area contributed by atoms with E-state index >= 15 is 4.39 Å². The SMILES string of the molecule is COc1nc(N(C)C2CCSC2)c2cc(C(F)(F)F)c(-c3ccc(F)c4sc(N)c(C#N)c34)c(F)c2n1.FC1CC2CCCN2C1. The predicted molar refractivity (Wildman–Crippen MR) is 169 cm³/mol. The van der Waals surface area contributed by atoms with E-state index in [4.69, 9.17) is 10.5 Å². The van der Waals surface area contributed by atoms with Crippen LogP contribution in [-0.4, -0.2) is 71.9 Å². The third kappa shape index (κ3) is 5.79. The van der Waals surface area contributed by atoms with Crippen LogP contribution in [0.3, 0.4) is 0 Å². The number of methoxy groups -OCH3 is 1. The van der Waals surface area contributed by atoms with Gasteiger partial charge < -0.3 is 15.4 Å². The zero-order chi connectivity index (χ0) is 32.9. The molecular formula is C31H30F6N6OS2. The number of hydrogen-bond donors (Lipinski definition) is 1. The van der Waals surface area contributed by atoms with Crippen LogP contribution in [0.1, 0.15) is 36.8 Å². The Balaban J connectivity index is 0.000000352. The lowest BCUT2D eigenvalue weighted by Gasteiger charge is -2.27. The Labute approximate surface area is 269 Å². The van der Waals surface area contributed by atoms with Crippen molar-refractivity contribution in [1.82, 2.24) is 14.9 Å². The fraction of sp³-hybridized carbons (Fsp3) is 0.452. The molecule has 46 heavy (non-hydrogen) atoms. The molecule has 0 saturated carbocycles. The van der Waals surface area contributed by atoms with Crippen LogP contribution in [0.25, 0.3) is 32.1 Å². The Kier molecular flexibility index (Phi) is 8.90. The number of thiophene rings is 1. The summed E-state index contributed by atoms with van der Waals surface area (Å²) in [5, 5.41) is 9.19. The van der Waals surface area contributed by atoms with Gasteiger partial charge in [0, 0.05) is 47.8 Å². The average molecular weight is 681 g/mol. The number of nitrogens with zero attached hydrogens (tertiary/aromatic N) is 5. The van der Waals surface area contributed by atoms with E-state index in [0.717, 1.165) is 49.1 Å². The van der Waals surface area contributed by atoms with Crippen LogP contribution in [0.5, 0.6) is 6.01 Å². The number of anilines is 2. The molecule has 4 aromatic rings. The minimum atomic E-state index is -5.00. The number of ether oxygens (including phenoxy) is 1. The van der Waals surface area contributed by atoms with Crippen LogP contribution in [-0.2, 0) is 6.18 Å². The smallest absolute Gasteiger partial charge is 0.417 e. The van der Waals surface area contributed by atoms with Crippen LogP contribution in [0.4, 0.5) is 37.2 Å². The number of nitriles is 1. The molecule has 15 heteroatoms. The van der Waals surface area contributed by atoms with E-state index in [2.05, 4.69) is 14.9 Å². The summed E-state index contributed by atoms with van der Waals surface area (Å²) in [6, 6.07) is 4.93. The molecule has 2 aromatic carbocycles. The second-order valence-electron chi connectivity index (χ2n) is 11.5. The average Bonchev–Trinajstić information content (AvgIpc) is 3.82. The number of thioether (sulfide) groups is 1. The largest absolute Gasteiger partial charge is 0.467 e. The van der Waals surface area contributed by atoms with E-state index in [0.29, 0.717) is 23.9 Å². The van der Waals surface area contributed by atoms with E-state index < -0.39 is 35.1 Å². The molecule has 3 aliphatic rings. The van der Waals surface area contributed by atoms with Gasteiger partial charge in [0.15, 0.2) is 5.82 Å². The molecule has 0 spiro atoms. The highest BCUT2D eigenvalue weighted by Crippen LogP contribution is 2.48. The van der Waals surface area contributed by atoms with Crippen molar-refractivity contribution in [3.8, 4) is 23.2 Å². The number of nitrogen functional groups attached to an aromatic ring is 1. The number of hydrogen-bond acceptors (Lipinski definition) is 9. The first-order chi connectivity index (χ1) is 21.9. The number of aromatic nitrogens is 2. The molecule has 0 bridgehead atoms. The van der Waals surface area contributed by atoms with E-state index in [-0.39, 0.29) is 55.0 Å². The standard InChI is InChI=1S/C24H18F5N5OS2.C7H12FN/c1-34(10-5-6-36-9-10)22-12-7-14(24(27,28)29)17(18(26)19(12)32-23(33-22)35-2)11-3-4-15(25)20-16(11)13(8-30)21(31)37-20;8-6-4-7-2-1-3-9(7)5-6/h3-4,7,10H,5-6,9,31H2,1-2H3;6-7H,1-5H2. The van der Waals surface area contributed by atoms with Gasteiger partial charge in [-0.25, -0.2) is 13.2 Å². The number of benzene rings is 2. The molecule has 2 aromatic heterocycles. The summed E-state index contributed by atoms with van der Waals surface area (Å²) in [5.41, 5.74) is 2.77. The third-order valence-electron chi connectivity index (χ3n) is 8.82. The molecular weight excluding hydrogens is 651 g/mol. The van der Waals surface area contributed by atoms with Crippen molar-refractivity contribution in [2.45, 2.75) is 50.1 Å². The summed E-state index contributed by atoms with van der Waals surface area (Å²) in [6.07, 6.45) is -1.41. The second-order valence-corrected chi connectivity index (χ2v) is 13.7. The zero-order valence-electron chi connectivity index (χ0n) is 24.9. The number of alkyl halides is 4. The minimum absolute atomic E-state index is 0.0198. The summed E-state index contributed by atoms with van der Waals surface area (Å²) in [5.74, 6) is -0.350. The van der Waals surface area contributed by atoms with Crippen molar-refractivity contribution < 1.29 is 31.1 Å². The second kappa shape index (κ2) is 12.6.